The van der Waals surface area contributed by atoms with Gasteiger partial charge in [-0.25, -0.2) is 0 Å². The Kier molecular flexibility index (Phi) is 8.75. The zero-order valence-electron chi connectivity index (χ0n) is 14.4. The van der Waals surface area contributed by atoms with Crippen molar-refractivity contribution >= 4 is 17.9 Å². The minimum atomic E-state index is -1.97. The van der Waals surface area contributed by atoms with Crippen molar-refractivity contribution in [2.24, 2.45) is 11.8 Å². The van der Waals surface area contributed by atoms with Gasteiger partial charge < -0.3 is 14.2 Å². The molecule has 0 rings (SSSR count). The fourth-order valence-electron chi connectivity index (χ4n) is 1.62. The fourth-order valence-corrected chi connectivity index (χ4v) is 1.62. The first-order valence-corrected chi connectivity index (χ1v) is 7.79. The summed E-state index contributed by atoms with van der Waals surface area (Å²) >= 11 is 0. The standard InChI is InChI=1S/C16H28O6/c1-7-13(17)20-16(8-2,21-14(18)9-11(3)4)22-15(19)10-12(5)6/h11-12H,7-10H2,1-6H3. The molecule has 0 aliphatic heterocycles. The van der Waals surface area contributed by atoms with Gasteiger partial charge in [0, 0.05) is 19.3 Å². The van der Waals surface area contributed by atoms with Crippen molar-refractivity contribution in [3.05, 3.63) is 0 Å². The SMILES string of the molecule is CCC(=O)OC(CC)(OC(=O)CC(C)C)OC(=O)CC(C)C. The lowest BCUT2D eigenvalue weighted by Crippen LogP contribution is -2.44. The minimum absolute atomic E-state index is 0.0341. The van der Waals surface area contributed by atoms with Crippen LogP contribution in [0, 0.1) is 11.8 Å². The van der Waals surface area contributed by atoms with Crippen molar-refractivity contribution < 1.29 is 28.6 Å². The van der Waals surface area contributed by atoms with Crippen molar-refractivity contribution in [1.82, 2.24) is 0 Å². The Labute approximate surface area is 132 Å². The Bertz CT molecular complexity index is 362. The van der Waals surface area contributed by atoms with Gasteiger partial charge in [0.2, 0.25) is 0 Å². The quantitative estimate of drug-likeness (QED) is 0.480. The summed E-state index contributed by atoms with van der Waals surface area (Å²) in [5, 5.41) is 0. The molecule has 0 saturated carbocycles. The maximum absolute atomic E-state index is 11.9. The van der Waals surface area contributed by atoms with E-state index in [0.29, 0.717) is 0 Å². The molecule has 0 heterocycles. The Morgan fingerprint density at radius 2 is 1.14 bits per heavy atom. The highest BCUT2D eigenvalue weighted by Gasteiger charge is 2.41. The van der Waals surface area contributed by atoms with E-state index >= 15 is 0 Å². The second kappa shape index (κ2) is 9.43. The van der Waals surface area contributed by atoms with Crippen LogP contribution in [0.15, 0.2) is 0 Å². The molecule has 0 fully saturated rings. The molecule has 0 aromatic heterocycles. The summed E-state index contributed by atoms with van der Waals surface area (Å²) in [5.74, 6) is -3.55. The summed E-state index contributed by atoms with van der Waals surface area (Å²) in [6, 6.07) is 0. The molecule has 128 valence electrons. The number of hydrogen-bond acceptors (Lipinski definition) is 6. The number of esters is 3. The summed E-state index contributed by atoms with van der Waals surface area (Å²) in [7, 11) is 0. The van der Waals surface area contributed by atoms with E-state index in [1.165, 1.54) is 0 Å². The highest BCUT2D eigenvalue weighted by Crippen LogP contribution is 2.24. The molecular formula is C16H28O6. The van der Waals surface area contributed by atoms with Crippen LogP contribution < -0.4 is 0 Å². The van der Waals surface area contributed by atoms with E-state index < -0.39 is 23.9 Å². The summed E-state index contributed by atoms with van der Waals surface area (Å²) < 4.78 is 15.5. The second-order valence-corrected chi connectivity index (χ2v) is 6.01. The van der Waals surface area contributed by atoms with Crippen LogP contribution in [0.2, 0.25) is 0 Å². The van der Waals surface area contributed by atoms with Crippen molar-refractivity contribution in [3.8, 4) is 0 Å². The summed E-state index contributed by atoms with van der Waals surface area (Å²) in [4.78, 5) is 35.4. The van der Waals surface area contributed by atoms with Gasteiger partial charge in [-0.1, -0.05) is 41.5 Å². The molecule has 0 aromatic carbocycles. The Hall–Kier alpha value is -1.59. The van der Waals surface area contributed by atoms with E-state index in [1.54, 1.807) is 13.8 Å². The zero-order chi connectivity index (χ0) is 17.3. The smallest absolute Gasteiger partial charge is 0.388 e. The van der Waals surface area contributed by atoms with Crippen LogP contribution in [0.3, 0.4) is 0 Å². The molecule has 6 heteroatoms. The lowest BCUT2D eigenvalue weighted by Gasteiger charge is -2.30. The van der Waals surface area contributed by atoms with Gasteiger partial charge in [-0.15, -0.1) is 0 Å². The largest absolute Gasteiger partial charge is 0.423 e. The van der Waals surface area contributed by atoms with Gasteiger partial charge in [0.15, 0.2) is 0 Å². The van der Waals surface area contributed by atoms with E-state index in [2.05, 4.69) is 0 Å². The van der Waals surface area contributed by atoms with Crippen LogP contribution in [0.4, 0.5) is 0 Å². The first-order valence-electron chi connectivity index (χ1n) is 7.79. The molecule has 0 radical (unpaired) electrons. The van der Waals surface area contributed by atoms with E-state index in [0.717, 1.165) is 0 Å². The van der Waals surface area contributed by atoms with Gasteiger partial charge in [0.25, 0.3) is 0 Å². The molecular weight excluding hydrogens is 288 g/mol. The molecule has 0 unspecified atom stereocenters. The average Bonchev–Trinajstić information content (AvgIpc) is 2.35. The van der Waals surface area contributed by atoms with Gasteiger partial charge in [-0.05, 0) is 11.8 Å². The van der Waals surface area contributed by atoms with Gasteiger partial charge in [0.05, 0.1) is 6.42 Å². The lowest BCUT2D eigenvalue weighted by atomic mass is 10.1. The number of hydrogen-bond donors (Lipinski definition) is 0. The summed E-state index contributed by atoms with van der Waals surface area (Å²) in [5.41, 5.74) is 0. The molecule has 0 aliphatic carbocycles. The maximum atomic E-state index is 11.9. The van der Waals surface area contributed by atoms with Crippen molar-refractivity contribution in [2.45, 2.75) is 73.2 Å². The predicted octanol–water partition coefficient (Wildman–Crippen LogP) is 3.18. The van der Waals surface area contributed by atoms with Gasteiger partial charge in [0.1, 0.15) is 0 Å². The van der Waals surface area contributed by atoms with Crippen molar-refractivity contribution in [3.63, 3.8) is 0 Å². The molecule has 0 N–H and O–H groups in total. The Morgan fingerprint density at radius 3 is 1.41 bits per heavy atom. The number of rotatable bonds is 9. The molecule has 0 atom stereocenters. The van der Waals surface area contributed by atoms with Crippen LogP contribution in [0.1, 0.15) is 67.2 Å². The first kappa shape index (κ1) is 20.4. The Balaban J connectivity index is 5.11. The van der Waals surface area contributed by atoms with Crippen molar-refractivity contribution in [2.75, 3.05) is 0 Å². The molecule has 0 bridgehead atoms. The van der Waals surface area contributed by atoms with Crippen LogP contribution in [0.5, 0.6) is 0 Å². The molecule has 22 heavy (non-hydrogen) atoms. The third-order valence-electron chi connectivity index (χ3n) is 2.68. The van der Waals surface area contributed by atoms with E-state index in [1.807, 2.05) is 27.7 Å². The highest BCUT2D eigenvalue weighted by atomic mass is 16.9. The maximum Gasteiger partial charge on any atom is 0.423 e. The molecule has 6 nitrogen and oxygen atoms in total. The monoisotopic (exact) mass is 316 g/mol. The number of ether oxygens (including phenoxy) is 3. The Morgan fingerprint density at radius 1 is 0.773 bits per heavy atom. The van der Waals surface area contributed by atoms with Gasteiger partial charge in [-0.3, -0.25) is 14.4 Å². The molecule has 0 spiro atoms. The molecule has 0 saturated heterocycles. The van der Waals surface area contributed by atoms with Gasteiger partial charge >= 0.3 is 23.9 Å². The molecule has 0 aromatic rings. The van der Waals surface area contributed by atoms with Crippen LogP contribution in [-0.2, 0) is 28.6 Å². The van der Waals surface area contributed by atoms with Crippen LogP contribution in [0.25, 0.3) is 0 Å². The zero-order valence-corrected chi connectivity index (χ0v) is 14.4. The normalized spacial score (nSPS) is 11.5. The summed E-state index contributed by atoms with van der Waals surface area (Å²) in [6.45, 7) is 10.7. The molecule has 0 aliphatic rings. The van der Waals surface area contributed by atoms with Crippen LogP contribution in [-0.4, -0.2) is 23.9 Å². The average molecular weight is 316 g/mol. The molecule has 0 amide bonds. The number of carbonyl (C=O) groups is 3. The number of carbonyl (C=O) groups excluding carboxylic acids is 3. The fraction of sp³-hybridized carbons (Fsp3) is 0.812. The predicted molar refractivity (Wildman–Crippen MR) is 80.5 cm³/mol. The lowest BCUT2D eigenvalue weighted by molar-refractivity contribution is -0.331. The highest BCUT2D eigenvalue weighted by molar-refractivity contribution is 5.74. The van der Waals surface area contributed by atoms with Crippen LogP contribution >= 0.6 is 0 Å². The van der Waals surface area contributed by atoms with E-state index in [9.17, 15) is 14.4 Å². The topological polar surface area (TPSA) is 78.9 Å². The first-order chi connectivity index (χ1) is 10.1. The van der Waals surface area contributed by atoms with Gasteiger partial charge in [-0.2, -0.15) is 0 Å². The van der Waals surface area contributed by atoms with Crippen molar-refractivity contribution in [1.29, 1.82) is 0 Å². The minimum Gasteiger partial charge on any atom is -0.388 e. The van der Waals surface area contributed by atoms with E-state index in [4.69, 9.17) is 14.2 Å². The third-order valence-corrected chi connectivity index (χ3v) is 2.68. The second-order valence-electron chi connectivity index (χ2n) is 6.01. The van der Waals surface area contributed by atoms with E-state index in [-0.39, 0.29) is 37.5 Å². The summed E-state index contributed by atoms with van der Waals surface area (Å²) in [6.07, 6.45) is 0.415. The third kappa shape index (κ3) is 8.00.